The summed E-state index contributed by atoms with van der Waals surface area (Å²) >= 11 is 0. The summed E-state index contributed by atoms with van der Waals surface area (Å²) in [5.74, 6) is -1.15. The molecule has 1 unspecified atom stereocenters. The van der Waals surface area contributed by atoms with Crippen LogP contribution in [0.2, 0.25) is 0 Å². The SMILES string of the molecule is O=C(O)CC1(C(F)F)CCCNC1. The zero-order valence-electron chi connectivity index (χ0n) is 7.22. The number of aliphatic carboxylic acids is 1. The number of rotatable bonds is 3. The third kappa shape index (κ3) is 2.37. The molecule has 0 amide bonds. The number of carbonyl (C=O) groups is 1. The van der Waals surface area contributed by atoms with Crippen molar-refractivity contribution in [1.82, 2.24) is 5.32 Å². The molecule has 0 aromatic rings. The van der Waals surface area contributed by atoms with E-state index < -0.39 is 24.2 Å². The monoisotopic (exact) mass is 193 g/mol. The van der Waals surface area contributed by atoms with Crippen molar-refractivity contribution in [2.75, 3.05) is 13.1 Å². The summed E-state index contributed by atoms with van der Waals surface area (Å²) in [5.41, 5.74) is -1.34. The molecule has 1 saturated heterocycles. The summed E-state index contributed by atoms with van der Waals surface area (Å²) in [6, 6.07) is 0. The number of carboxylic acid groups (broad SMARTS) is 1. The van der Waals surface area contributed by atoms with Gasteiger partial charge in [0.25, 0.3) is 0 Å². The molecule has 0 saturated carbocycles. The number of hydrogen-bond donors (Lipinski definition) is 2. The molecule has 1 rings (SSSR count). The molecule has 1 aliphatic rings. The number of nitrogens with one attached hydrogen (secondary N) is 1. The highest BCUT2D eigenvalue weighted by Crippen LogP contribution is 2.36. The normalized spacial score (nSPS) is 29.2. The Hall–Kier alpha value is -0.710. The summed E-state index contributed by atoms with van der Waals surface area (Å²) in [4.78, 5) is 10.4. The van der Waals surface area contributed by atoms with Crippen molar-refractivity contribution in [3.05, 3.63) is 0 Å². The van der Waals surface area contributed by atoms with Gasteiger partial charge in [0.1, 0.15) is 0 Å². The lowest BCUT2D eigenvalue weighted by Gasteiger charge is -2.35. The first-order valence-corrected chi connectivity index (χ1v) is 4.27. The summed E-state index contributed by atoms with van der Waals surface area (Å²) < 4.78 is 25.3. The third-order valence-electron chi connectivity index (χ3n) is 2.47. The van der Waals surface area contributed by atoms with E-state index in [2.05, 4.69) is 5.32 Å². The molecule has 1 fully saturated rings. The molecular formula is C8H13F2NO2. The lowest BCUT2D eigenvalue weighted by molar-refractivity contribution is -0.144. The Kier molecular flexibility index (Phi) is 3.19. The number of piperidine rings is 1. The quantitative estimate of drug-likeness (QED) is 0.705. The molecule has 0 radical (unpaired) electrons. The van der Waals surface area contributed by atoms with Crippen molar-refractivity contribution < 1.29 is 18.7 Å². The van der Waals surface area contributed by atoms with Gasteiger partial charge in [0, 0.05) is 6.54 Å². The highest BCUT2D eigenvalue weighted by atomic mass is 19.3. The van der Waals surface area contributed by atoms with E-state index >= 15 is 0 Å². The second-order valence-corrected chi connectivity index (χ2v) is 3.51. The van der Waals surface area contributed by atoms with Crippen LogP contribution < -0.4 is 5.32 Å². The lowest BCUT2D eigenvalue weighted by atomic mass is 9.78. The van der Waals surface area contributed by atoms with Crippen LogP contribution in [-0.2, 0) is 4.79 Å². The Labute approximate surface area is 75.1 Å². The number of hydrogen-bond acceptors (Lipinski definition) is 2. The third-order valence-corrected chi connectivity index (χ3v) is 2.47. The highest BCUT2D eigenvalue weighted by Gasteiger charge is 2.42. The van der Waals surface area contributed by atoms with Gasteiger partial charge in [-0.3, -0.25) is 4.79 Å². The average Bonchev–Trinajstić information content (AvgIpc) is 2.04. The Morgan fingerprint density at radius 2 is 2.31 bits per heavy atom. The summed E-state index contributed by atoms with van der Waals surface area (Å²) in [5, 5.41) is 11.3. The molecule has 76 valence electrons. The molecule has 0 bridgehead atoms. The van der Waals surface area contributed by atoms with Gasteiger partial charge in [0.15, 0.2) is 0 Å². The van der Waals surface area contributed by atoms with E-state index in [0.717, 1.165) is 0 Å². The van der Waals surface area contributed by atoms with E-state index in [9.17, 15) is 13.6 Å². The molecule has 0 aliphatic carbocycles. The first-order valence-electron chi connectivity index (χ1n) is 4.27. The smallest absolute Gasteiger partial charge is 0.304 e. The predicted octanol–water partition coefficient (Wildman–Crippen LogP) is 1.10. The van der Waals surface area contributed by atoms with E-state index in [1.165, 1.54) is 0 Å². The summed E-state index contributed by atoms with van der Waals surface area (Å²) in [7, 11) is 0. The van der Waals surface area contributed by atoms with Gasteiger partial charge in [-0.2, -0.15) is 0 Å². The predicted molar refractivity (Wildman–Crippen MR) is 42.8 cm³/mol. The zero-order chi connectivity index (χ0) is 9.90. The Morgan fingerprint density at radius 1 is 1.62 bits per heavy atom. The van der Waals surface area contributed by atoms with Gasteiger partial charge in [-0.15, -0.1) is 0 Å². The van der Waals surface area contributed by atoms with Gasteiger partial charge >= 0.3 is 5.97 Å². The molecule has 0 aromatic heterocycles. The minimum atomic E-state index is -2.56. The van der Waals surface area contributed by atoms with Crippen molar-refractivity contribution >= 4 is 5.97 Å². The van der Waals surface area contributed by atoms with Crippen molar-refractivity contribution in [1.29, 1.82) is 0 Å². The van der Waals surface area contributed by atoms with Crippen molar-refractivity contribution in [3.8, 4) is 0 Å². The van der Waals surface area contributed by atoms with Crippen LogP contribution in [0.1, 0.15) is 19.3 Å². The van der Waals surface area contributed by atoms with E-state index in [-0.39, 0.29) is 6.54 Å². The van der Waals surface area contributed by atoms with Crippen LogP contribution >= 0.6 is 0 Å². The first kappa shape index (κ1) is 10.4. The first-order chi connectivity index (χ1) is 6.07. The molecule has 13 heavy (non-hydrogen) atoms. The van der Waals surface area contributed by atoms with Gasteiger partial charge in [-0.05, 0) is 19.4 Å². The van der Waals surface area contributed by atoms with Crippen molar-refractivity contribution in [2.45, 2.75) is 25.7 Å². The number of alkyl halides is 2. The molecule has 2 N–H and O–H groups in total. The van der Waals surface area contributed by atoms with Gasteiger partial charge in [-0.25, -0.2) is 8.78 Å². The Morgan fingerprint density at radius 3 is 2.69 bits per heavy atom. The minimum Gasteiger partial charge on any atom is -0.481 e. The molecule has 0 aromatic carbocycles. The second kappa shape index (κ2) is 4.00. The fourth-order valence-corrected chi connectivity index (χ4v) is 1.71. The van der Waals surface area contributed by atoms with E-state index in [1.807, 2.05) is 0 Å². The summed E-state index contributed by atoms with van der Waals surface area (Å²) in [6.45, 7) is 0.811. The van der Waals surface area contributed by atoms with Crippen LogP contribution in [0, 0.1) is 5.41 Å². The Bertz CT molecular complexity index is 191. The van der Waals surface area contributed by atoms with Crippen LogP contribution in [-0.4, -0.2) is 30.6 Å². The van der Waals surface area contributed by atoms with Crippen LogP contribution in [0.15, 0.2) is 0 Å². The van der Waals surface area contributed by atoms with Crippen molar-refractivity contribution in [2.24, 2.45) is 5.41 Å². The molecular weight excluding hydrogens is 180 g/mol. The molecule has 5 heteroatoms. The van der Waals surface area contributed by atoms with Crippen LogP contribution in [0.25, 0.3) is 0 Å². The van der Waals surface area contributed by atoms with E-state index in [0.29, 0.717) is 19.4 Å². The largest absolute Gasteiger partial charge is 0.481 e. The maximum absolute atomic E-state index is 12.6. The van der Waals surface area contributed by atoms with Gasteiger partial charge < -0.3 is 10.4 Å². The molecule has 1 heterocycles. The maximum atomic E-state index is 12.6. The lowest BCUT2D eigenvalue weighted by Crippen LogP contribution is -2.46. The molecule has 3 nitrogen and oxygen atoms in total. The number of carboxylic acids is 1. The summed E-state index contributed by atoms with van der Waals surface area (Å²) in [6.07, 6.45) is -2.09. The zero-order valence-corrected chi connectivity index (χ0v) is 7.22. The van der Waals surface area contributed by atoms with E-state index in [1.54, 1.807) is 0 Å². The minimum absolute atomic E-state index is 0.108. The number of halogens is 2. The van der Waals surface area contributed by atoms with Crippen LogP contribution in [0.5, 0.6) is 0 Å². The van der Waals surface area contributed by atoms with Gasteiger partial charge in [0.05, 0.1) is 11.8 Å². The maximum Gasteiger partial charge on any atom is 0.304 e. The van der Waals surface area contributed by atoms with E-state index in [4.69, 9.17) is 5.11 Å². The van der Waals surface area contributed by atoms with Gasteiger partial charge in [-0.1, -0.05) is 0 Å². The Balaban J connectivity index is 2.67. The van der Waals surface area contributed by atoms with Crippen LogP contribution in [0.4, 0.5) is 8.78 Å². The molecule has 1 aliphatic heterocycles. The van der Waals surface area contributed by atoms with Gasteiger partial charge in [0.2, 0.25) is 6.43 Å². The fraction of sp³-hybridized carbons (Fsp3) is 0.875. The topological polar surface area (TPSA) is 49.3 Å². The highest BCUT2D eigenvalue weighted by molar-refractivity contribution is 5.67. The molecule has 1 atom stereocenters. The molecule has 0 spiro atoms. The van der Waals surface area contributed by atoms with Crippen molar-refractivity contribution in [3.63, 3.8) is 0 Å². The second-order valence-electron chi connectivity index (χ2n) is 3.51. The van der Waals surface area contributed by atoms with Crippen LogP contribution in [0.3, 0.4) is 0 Å². The average molecular weight is 193 g/mol. The standard InChI is InChI=1S/C8H13F2NO2/c9-7(10)8(4-6(12)13)2-1-3-11-5-8/h7,11H,1-5H2,(H,12,13). The fourth-order valence-electron chi connectivity index (χ4n) is 1.71.